The highest BCUT2D eigenvalue weighted by Gasteiger charge is 2.31. The summed E-state index contributed by atoms with van der Waals surface area (Å²) in [4.78, 5) is 13.5. The van der Waals surface area contributed by atoms with Gasteiger partial charge in [0.2, 0.25) is 0 Å². The van der Waals surface area contributed by atoms with Crippen LogP contribution in [0.1, 0.15) is 33.3 Å². The largest absolute Gasteiger partial charge is 0.380 e. The van der Waals surface area contributed by atoms with E-state index in [1.807, 2.05) is 12.3 Å². The average molecular weight is 418 g/mol. The Morgan fingerprint density at radius 2 is 1.79 bits per heavy atom. The molecule has 2 aromatic rings. The van der Waals surface area contributed by atoms with E-state index in [0.717, 1.165) is 49.8 Å². The van der Waals surface area contributed by atoms with Crippen LogP contribution in [0.4, 0.5) is 11.5 Å². The summed E-state index contributed by atoms with van der Waals surface area (Å²) in [5.41, 5.74) is 1.91. The zero-order chi connectivity index (χ0) is 21.1. The first-order chi connectivity index (χ1) is 13.7. The molecular weight excluding hydrogens is 386 g/mol. The minimum absolute atomic E-state index is 0.105. The Balaban J connectivity index is 1.62. The van der Waals surface area contributed by atoms with E-state index < -0.39 is 14.6 Å². The van der Waals surface area contributed by atoms with Gasteiger partial charge in [0.1, 0.15) is 5.82 Å². The summed E-state index contributed by atoms with van der Waals surface area (Å²) in [5.74, 6) is 1.00. The minimum Gasteiger partial charge on any atom is -0.380 e. The third-order valence-electron chi connectivity index (χ3n) is 5.27. The molecule has 29 heavy (non-hydrogen) atoms. The Kier molecular flexibility index (Phi) is 6.43. The molecule has 3 rings (SSSR count). The molecular formula is C21H31N5O2S. The van der Waals surface area contributed by atoms with E-state index in [9.17, 15) is 8.42 Å². The molecule has 0 aromatic carbocycles. The van der Waals surface area contributed by atoms with Gasteiger partial charge in [-0.25, -0.2) is 18.4 Å². The quantitative estimate of drug-likeness (QED) is 0.774. The molecule has 0 aliphatic carbocycles. The molecule has 7 nitrogen and oxygen atoms in total. The van der Waals surface area contributed by atoms with E-state index in [1.54, 1.807) is 39.1 Å². The van der Waals surface area contributed by atoms with Crippen molar-refractivity contribution in [2.45, 2.75) is 44.0 Å². The molecule has 0 spiro atoms. The van der Waals surface area contributed by atoms with Crippen molar-refractivity contribution >= 4 is 21.3 Å². The predicted octanol–water partition coefficient (Wildman–Crippen LogP) is 2.80. The molecule has 1 N–H and O–H groups in total. The smallest absolute Gasteiger partial charge is 0.200 e. The fourth-order valence-electron chi connectivity index (χ4n) is 3.20. The molecule has 0 amide bonds. The second-order valence-corrected chi connectivity index (χ2v) is 10.9. The van der Waals surface area contributed by atoms with Crippen LogP contribution in [0.5, 0.6) is 0 Å². The van der Waals surface area contributed by atoms with Gasteiger partial charge in [-0.3, -0.25) is 0 Å². The van der Waals surface area contributed by atoms with E-state index in [4.69, 9.17) is 0 Å². The highest BCUT2D eigenvalue weighted by atomic mass is 32.2. The Bertz CT molecular complexity index is 915. The number of sulfone groups is 1. The third-order valence-corrected chi connectivity index (χ3v) is 7.67. The van der Waals surface area contributed by atoms with Crippen molar-refractivity contribution in [2.24, 2.45) is 0 Å². The van der Waals surface area contributed by atoms with Crippen LogP contribution in [0.2, 0.25) is 0 Å². The molecule has 0 unspecified atom stereocenters. The zero-order valence-electron chi connectivity index (χ0n) is 17.7. The number of nitrogens with zero attached hydrogens (tertiary/aromatic N) is 4. The fourth-order valence-corrected chi connectivity index (χ4v) is 4.26. The van der Waals surface area contributed by atoms with Crippen LogP contribution < -0.4 is 10.2 Å². The second kappa shape index (κ2) is 8.67. The lowest BCUT2D eigenvalue weighted by molar-refractivity contribution is 0.270. The maximum Gasteiger partial charge on any atom is 0.200 e. The van der Waals surface area contributed by atoms with E-state index in [-0.39, 0.29) is 5.03 Å². The minimum atomic E-state index is -3.44. The standard InChI is InChI=1S/C21H31N5O2S/c1-5-25-10-12-26(13-11-25)19-14-17(8-9-22-19)15-23-18-6-7-20(24-16-18)29(27,28)21(2,3)4/h6-9,14,16,23H,5,10-13,15H2,1-4H3. The van der Waals surface area contributed by atoms with Crippen LogP contribution in [0.15, 0.2) is 41.7 Å². The van der Waals surface area contributed by atoms with Gasteiger partial charge in [-0.05, 0) is 57.1 Å². The zero-order valence-corrected chi connectivity index (χ0v) is 18.5. The summed E-state index contributed by atoms with van der Waals surface area (Å²) >= 11 is 0. The average Bonchev–Trinajstić information content (AvgIpc) is 2.72. The highest BCUT2D eigenvalue weighted by Crippen LogP contribution is 2.24. The lowest BCUT2D eigenvalue weighted by atomic mass is 10.2. The fraction of sp³-hybridized carbons (Fsp3) is 0.524. The van der Waals surface area contributed by atoms with Gasteiger partial charge >= 0.3 is 0 Å². The van der Waals surface area contributed by atoms with Crippen molar-refractivity contribution in [3.63, 3.8) is 0 Å². The van der Waals surface area contributed by atoms with Crippen LogP contribution in [-0.2, 0) is 16.4 Å². The summed E-state index contributed by atoms with van der Waals surface area (Å²) in [6.45, 7) is 13.1. The molecule has 1 aliphatic rings. The van der Waals surface area contributed by atoms with Crippen molar-refractivity contribution in [2.75, 3.05) is 42.9 Å². The molecule has 0 bridgehead atoms. The Morgan fingerprint density at radius 3 is 2.38 bits per heavy atom. The highest BCUT2D eigenvalue weighted by molar-refractivity contribution is 7.92. The van der Waals surface area contributed by atoms with E-state index in [1.165, 1.54) is 0 Å². The van der Waals surface area contributed by atoms with Gasteiger partial charge in [0, 0.05) is 38.9 Å². The number of aromatic nitrogens is 2. The molecule has 1 aliphatic heterocycles. The van der Waals surface area contributed by atoms with Crippen molar-refractivity contribution in [1.29, 1.82) is 0 Å². The second-order valence-electron chi connectivity index (χ2n) is 8.30. The van der Waals surface area contributed by atoms with Gasteiger partial charge in [-0.1, -0.05) is 6.92 Å². The van der Waals surface area contributed by atoms with Gasteiger partial charge in [0.25, 0.3) is 0 Å². The van der Waals surface area contributed by atoms with Crippen LogP contribution in [0, 0.1) is 0 Å². The van der Waals surface area contributed by atoms with Gasteiger partial charge in [-0.2, -0.15) is 0 Å². The third kappa shape index (κ3) is 5.05. The maximum absolute atomic E-state index is 12.5. The predicted molar refractivity (Wildman–Crippen MR) is 117 cm³/mol. The lowest BCUT2D eigenvalue weighted by Gasteiger charge is -2.34. The van der Waals surface area contributed by atoms with E-state index >= 15 is 0 Å². The Hall–Kier alpha value is -2.19. The number of hydrogen-bond donors (Lipinski definition) is 1. The number of hydrogen-bond acceptors (Lipinski definition) is 7. The number of rotatable bonds is 6. The SMILES string of the molecule is CCN1CCN(c2cc(CNc3ccc(S(=O)(=O)C(C)(C)C)nc3)ccn2)CC1. The molecule has 0 radical (unpaired) electrons. The van der Waals surface area contributed by atoms with Crippen LogP contribution in [0.25, 0.3) is 0 Å². The summed E-state index contributed by atoms with van der Waals surface area (Å²) in [6.07, 6.45) is 3.42. The first-order valence-electron chi connectivity index (χ1n) is 10.1. The topological polar surface area (TPSA) is 78.4 Å². The molecule has 2 aromatic heterocycles. The molecule has 0 atom stereocenters. The van der Waals surface area contributed by atoms with Crippen LogP contribution >= 0.6 is 0 Å². The summed E-state index contributed by atoms with van der Waals surface area (Å²) in [6, 6.07) is 7.43. The maximum atomic E-state index is 12.5. The van der Waals surface area contributed by atoms with Gasteiger partial charge in [0.15, 0.2) is 14.9 Å². The number of nitrogens with one attached hydrogen (secondary N) is 1. The summed E-state index contributed by atoms with van der Waals surface area (Å²) < 4.78 is 24.1. The van der Waals surface area contributed by atoms with Crippen LogP contribution in [-0.4, -0.2) is 60.8 Å². The number of likely N-dealkylation sites (N-methyl/N-ethyl adjacent to an activating group) is 1. The monoisotopic (exact) mass is 417 g/mol. The summed E-state index contributed by atoms with van der Waals surface area (Å²) in [5, 5.41) is 3.42. The Labute approximate surface area is 174 Å². The van der Waals surface area contributed by atoms with E-state index in [0.29, 0.717) is 6.54 Å². The lowest BCUT2D eigenvalue weighted by Crippen LogP contribution is -2.46. The van der Waals surface area contributed by atoms with Gasteiger partial charge in [-0.15, -0.1) is 0 Å². The molecule has 0 saturated carbocycles. The van der Waals surface area contributed by atoms with Gasteiger partial charge in [0.05, 0.1) is 16.6 Å². The molecule has 8 heteroatoms. The van der Waals surface area contributed by atoms with E-state index in [2.05, 4.69) is 38.1 Å². The van der Waals surface area contributed by atoms with Crippen molar-refractivity contribution < 1.29 is 8.42 Å². The van der Waals surface area contributed by atoms with Crippen molar-refractivity contribution in [1.82, 2.24) is 14.9 Å². The van der Waals surface area contributed by atoms with Crippen molar-refractivity contribution in [3.8, 4) is 0 Å². The molecule has 1 saturated heterocycles. The van der Waals surface area contributed by atoms with Crippen molar-refractivity contribution in [3.05, 3.63) is 42.2 Å². The number of piperazine rings is 1. The summed E-state index contributed by atoms with van der Waals surface area (Å²) in [7, 11) is -3.44. The Morgan fingerprint density at radius 1 is 1.07 bits per heavy atom. The number of pyridine rings is 2. The normalized spacial score (nSPS) is 16.1. The van der Waals surface area contributed by atoms with Gasteiger partial charge < -0.3 is 15.1 Å². The molecule has 3 heterocycles. The molecule has 158 valence electrons. The molecule has 1 fully saturated rings. The first-order valence-corrected chi connectivity index (χ1v) is 11.6. The number of anilines is 2. The first kappa shape index (κ1) is 21.5. The van der Waals surface area contributed by atoms with Crippen LogP contribution in [0.3, 0.4) is 0 Å².